The van der Waals surface area contributed by atoms with Crippen LogP contribution in [0.2, 0.25) is 0 Å². The number of aromatic nitrogens is 2. The highest BCUT2D eigenvalue weighted by Gasteiger charge is 2.36. The molecule has 1 heterocycles. The summed E-state index contributed by atoms with van der Waals surface area (Å²) in [5.41, 5.74) is 9.46. The normalized spacial score (nSPS) is 14.2. The topological polar surface area (TPSA) is 82.1 Å². The Morgan fingerprint density at radius 1 is 0.500 bits per heavy atom. The van der Waals surface area contributed by atoms with E-state index in [-0.39, 0.29) is 11.4 Å². The first kappa shape index (κ1) is 24.4. The van der Waals surface area contributed by atoms with E-state index in [4.69, 9.17) is 23.1 Å². The van der Waals surface area contributed by atoms with Crippen molar-refractivity contribution in [1.82, 2.24) is 9.97 Å². The summed E-state index contributed by atoms with van der Waals surface area (Å²) >= 11 is 0. The number of hydrogen-bond acceptors (Lipinski definition) is 4. The molecule has 0 saturated heterocycles. The van der Waals surface area contributed by atoms with Crippen molar-refractivity contribution in [1.29, 1.82) is 10.5 Å². The lowest BCUT2D eigenvalue weighted by Crippen LogP contribution is -1.98. The van der Waals surface area contributed by atoms with Gasteiger partial charge >= 0.3 is 0 Å². The van der Waals surface area contributed by atoms with Crippen molar-refractivity contribution in [3.63, 3.8) is 0 Å². The SMILES string of the molecule is [C-]#[N+]/C(C#N)=C1/c2cc(-c3ccccc3)ccc2-c2nc3c(nc21)-c1ccc(-c2ccccc2)cc1/C3=C(/C#N)[N+]#[C-]. The van der Waals surface area contributed by atoms with Gasteiger partial charge in [0, 0.05) is 22.3 Å². The Balaban J connectivity index is 1.51. The maximum absolute atomic E-state index is 9.95. The van der Waals surface area contributed by atoms with Crippen LogP contribution in [0, 0.1) is 35.8 Å². The van der Waals surface area contributed by atoms with Gasteiger partial charge in [-0.25, -0.2) is 30.2 Å². The molecule has 0 saturated carbocycles. The summed E-state index contributed by atoms with van der Waals surface area (Å²) in [6.45, 7) is 15.5. The fourth-order valence-electron chi connectivity index (χ4n) is 5.70. The second kappa shape index (κ2) is 9.55. The zero-order chi connectivity index (χ0) is 28.8. The second-order valence-electron chi connectivity index (χ2n) is 9.77. The number of rotatable bonds is 2. The van der Waals surface area contributed by atoms with E-state index in [1.165, 1.54) is 0 Å². The summed E-state index contributed by atoms with van der Waals surface area (Å²) in [5.74, 6) is 0. The van der Waals surface area contributed by atoms with Gasteiger partial charge in [-0.3, -0.25) is 0 Å². The van der Waals surface area contributed by atoms with Crippen LogP contribution >= 0.6 is 0 Å². The molecule has 0 bridgehead atoms. The van der Waals surface area contributed by atoms with Crippen LogP contribution in [-0.4, -0.2) is 9.97 Å². The first-order valence-electron chi connectivity index (χ1n) is 13.0. The molecule has 0 fully saturated rings. The highest BCUT2D eigenvalue weighted by molar-refractivity contribution is 6.07. The smallest absolute Gasteiger partial charge is 0.245 e. The molecule has 5 aromatic rings. The van der Waals surface area contributed by atoms with Crippen LogP contribution < -0.4 is 0 Å². The predicted octanol–water partition coefficient (Wildman–Crippen LogP) is 8.18. The third-order valence-electron chi connectivity index (χ3n) is 7.58. The second-order valence-corrected chi connectivity index (χ2v) is 9.77. The molecule has 0 unspecified atom stereocenters. The molecule has 7 rings (SSSR count). The summed E-state index contributed by atoms with van der Waals surface area (Å²) < 4.78 is 0. The number of hydrogen-bond donors (Lipinski definition) is 0. The number of nitriles is 2. The van der Waals surface area contributed by atoms with Crippen LogP contribution in [0.15, 0.2) is 108 Å². The minimum atomic E-state index is -0.0678. The van der Waals surface area contributed by atoms with Crippen molar-refractivity contribution in [2.75, 3.05) is 0 Å². The number of fused-ring (bicyclic) bond motifs is 6. The zero-order valence-electron chi connectivity index (χ0n) is 21.9. The summed E-state index contributed by atoms with van der Waals surface area (Å²) in [6.07, 6.45) is 0. The van der Waals surface area contributed by atoms with Gasteiger partial charge in [0.1, 0.15) is 0 Å². The third kappa shape index (κ3) is 3.55. The van der Waals surface area contributed by atoms with Crippen LogP contribution in [0.1, 0.15) is 22.5 Å². The van der Waals surface area contributed by atoms with Crippen molar-refractivity contribution in [2.45, 2.75) is 0 Å². The van der Waals surface area contributed by atoms with Gasteiger partial charge in [-0.1, -0.05) is 84.9 Å². The predicted molar refractivity (Wildman–Crippen MR) is 160 cm³/mol. The van der Waals surface area contributed by atoms with Crippen molar-refractivity contribution < 1.29 is 0 Å². The average Bonchev–Trinajstić information content (AvgIpc) is 3.53. The van der Waals surface area contributed by atoms with E-state index >= 15 is 0 Å². The van der Waals surface area contributed by atoms with Crippen LogP contribution in [0.25, 0.3) is 65.6 Å². The van der Waals surface area contributed by atoms with E-state index in [2.05, 4.69) is 21.8 Å². The molecule has 42 heavy (non-hydrogen) atoms. The van der Waals surface area contributed by atoms with Gasteiger partial charge in [0.05, 0.1) is 48.1 Å². The molecule has 0 aliphatic heterocycles. The van der Waals surface area contributed by atoms with E-state index in [0.717, 1.165) is 33.4 Å². The fraction of sp³-hybridized carbons (Fsp3) is 0. The molecule has 2 aliphatic rings. The third-order valence-corrected chi connectivity index (χ3v) is 7.58. The van der Waals surface area contributed by atoms with E-state index in [1.54, 1.807) is 0 Å². The van der Waals surface area contributed by atoms with Crippen LogP contribution in [0.4, 0.5) is 0 Å². The van der Waals surface area contributed by atoms with Gasteiger partial charge in [0.2, 0.25) is 0 Å². The Labute approximate surface area is 242 Å². The van der Waals surface area contributed by atoms with Crippen molar-refractivity contribution in [2.24, 2.45) is 0 Å². The molecule has 6 nitrogen and oxygen atoms in total. The molecular formula is C36H16N6. The van der Waals surface area contributed by atoms with Gasteiger partial charge in [-0.15, -0.1) is 0 Å². The number of nitrogens with zero attached hydrogens (tertiary/aromatic N) is 6. The number of benzene rings is 4. The average molecular weight is 533 g/mol. The van der Waals surface area contributed by atoms with Gasteiger partial charge < -0.3 is 0 Å². The Kier molecular flexibility index (Phi) is 5.56. The van der Waals surface area contributed by atoms with Gasteiger partial charge in [0.25, 0.3) is 11.4 Å². The van der Waals surface area contributed by atoms with Crippen molar-refractivity contribution >= 4 is 11.1 Å². The minimum absolute atomic E-state index is 0.0678. The number of allylic oxidation sites excluding steroid dienone is 2. The molecule has 6 heteroatoms. The highest BCUT2D eigenvalue weighted by Crippen LogP contribution is 2.51. The molecule has 0 radical (unpaired) electrons. The lowest BCUT2D eigenvalue weighted by molar-refractivity contribution is 1.18. The van der Waals surface area contributed by atoms with E-state index in [0.29, 0.717) is 45.0 Å². The summed E-state index contributed by atoms with van der Waals surface area (Å²) in [6, 6.07) is 35.6. The molecule has 190 valence electrons. The van der Waals surface area contributed by atoms with Crippen LogP contribution in [0.5, 0.6) is 0 Å². The Morgan fingerprint density at radius 2 is 0.905 bits per heavy atom. The highest BCUT2D eigenvalue weighted by atomic mass is 14.9. The summed E-state index contributed by atoms with van der Waals surface area (Å²) in [5, 5.41) is 19.9. The van der Waals surface area contributed by atoms with E-state index in [1.807, 2.05) is 97.1 Å². The Morgan fingerprint density at radius 3 is 1.26 bits per heavy atom. The van der Waals surface area contributed by atoms with Gasteiger partial charge in [-0.2, -0.15) is 0 Å². The fourth-order valence-corrected chi connectivity index (χ4v) is 5.70. The first-order chi connectivity index (χ1) is 20.7. The largest absolute Gasteiger partial charge is 0.271 e. The Hall–Kier alpha value is -6.60. The zero-order valence-corrected chi connectivity index (χ0v) is 21.9. The standard InChI is InChI=1S/C36H16N6/c1-39-29(19-37)31-27-17-23(21-9-5-3-6-10-21)13-15-25(27)33-35(31)41-34-26-16-14-24(22-11-7-4-8-12-22)18-28(26)32(36(34)42-33)30(20-38)40-2/h3-18H/b31-29-,32-30+. The lowest BCUT2D eigenvalue weighted by Gasteiger charge is -2.07. The van der Waals surface area contributed by atoms with E-state index < -0.39 is 0 Å². The summed E-state index contributed by atoms with van der Waals surface area (Å²) in [4.78, 5) is 17.2. The van der Waals surface area contributed by atoms with Crippen molar-refractivity contribution in [3.05, 3.63) is 154 Å². The molecular weight excluding hydrogens is 516 g/mol. The maximum atomic E-state index is 9.95. The maximum Gasteiger partial charge on any atom is 0.271 e. The molecule has 2 aliphatic carbocycles. The van der Waals surface area contributed by atoms with Crippen molar-refractivity contribution in [3.8, 4) is 56.9 Å². The molecule has 0 spiro atoms. The molecule has 1 aromatic heterocycles. The molecule has 0 N–H and O–H groups in total. The minimum Gasteiger partial charge on any atom is -0.245 e. The van der Waals surface area contributed by atoms with Gasteiger partial charge in [0.15, 0.2) is 0 Å². The van der Waals surface area contributed by atoms with Crippen LogP contribution in [0.3, 0.4) is 0 Å². The molecule has 0 atom stereocenters. The van der Waals surface area contributed by atoms with Crippen LogP contribution in [-0.2, 0) is 0 Å². The quantitative estimate of drug-likeness (QED) is 0.166. The first-order valence-corrected chi connectivity index (χ1v) is 13.0. The monoisotopic (exact) mass is 532 g/mol. The summed E-state index contributed by atoms with van der Waals surface area (Å²) in [7, 11) is 0. The Bertz CT molecular complexity index is 2020. The molecule has 0 amide bonds. The van der Waals surface area contributed by atoms with E-state index in [9.17, 15) is 10.5 Å². The lowest BCUT2D eigenvalue weighted by atomic mass is 9.97. The van der Waals surface area contributed by atoms with Gasteiger partial charge in [-0.05, 0) is 45.5 Å². The molecule has 4 aromatic carbocycles.